The lowest BCUT2D eigenvalue weighted by Crippen LogP contribution is -2.40. The van der Waals surface area contributed by atoms with Crippen LogP contribution in [0, 0.1) is 0 Å². The molecule has 3 nitrogen and oxygen atoms in total. The van der Waals surface area contributed by atoms with Crippen LogP contribution < -0.4 is 5.32 Å². The van der Waals surface area contributed by atoms with E-state index in [-0.39, 0.29) is 24.5 Å². The van der Waals surface area contributed by atoms with E-state index in [1.807, 2.05) is 6.92 Å². The molecular formula is C13H19NO2S. The van der Waals surface area contributed by atoms with Crippen molar-refractivity contribution in [3.63, 3.8) is 0 Å². The highest BCUT2D eigenvalue weighted by atomic mass is 32.1. The molecule has 0 radical (unpaired) electrons. The average Bonchev–Trinajstić information content (AvgIpc) is 2.83. The predicted molar refractivity (Wildman–Crippen MR) is 69.3 cm³/mol. The van der Waals surface area contributed by atoms with E-state index in [2.05, 4.69) is 16.8 Å². The van der Waals surface area contributed by atoms with Crippen LogP contribution >= 0.6 is 11.3 Å². The normalized spacial score (nSPS) is 20.7. The number of hydrogen-bond acceptors (Lipinski definition) is 3. The fourth-order valence-corrected chi connectivity index (χ4v) is 3.32. The van der Waals surface area contributed by atoms with Gasteiger partial charge in [0.2, 0.25) is 5.91 Å². The van der Waals surface area contributed by atoms with Gasteiger partial charge in [-0.05, 0) is 42.7 Å². The lowest BCUT2D eigenvalue weighted by molar-refractivity contribution is -0.123. The Hall–Kier alpha value is -0.870. The van der Waals surface area contributed by atoms with E-state index in [1.54, 1.807) is 11.3 Å². The first-order valence-corrected chi connectivity index (χ1v) is 7.11. The Balaban J connectivity index is 2.07. The number of aliphatic hydroxyl groups excluding tert-OH is 1. The van der Waals surface area contributed by atoms with Crippen molar-refractivity contribution < 1.29 is 9.90 Å². The van der Waals surface area contributed by atoms with Gasteiger partial charge in [0, 0.05) is 4.88 Å². The monoisotopic (exact) mass is 253 g/mol. The summed E-state index contributed by atoms with van der Waals surface area (Å²) in [7, 11) is 0. The third-order valence-electron chi connectivity index (χ3n) is 3.43. The van der Waals surface area contributed by atoms with E-state index in [0.29, 0.717) is 0 Å². The number of thiophene rings is 1. The van der Waals surface area contributed by atoms with Crippen molar-refractivity contribution in [3.05, 3.63) is 21.9 Å². The molecule has 1 aromatic heterocycles. The van der Waals surface area contributed by atoms with Crippen LogP contribution in [0.1, 0.15) is 42.5 Å². The summed E-state index contributed by atoms with van der Waals surface area (Å²) >= 11 is 1.75. The topological polar surface area (TPSA) is 49.3 Å². The van der Waals surface area contributed by atoms with Crippen molar-refractivity contribution in [1.82, 2.24) is 5.32 Å². The van der Waals surface area contributed by atoms with Crippen LogP contribution in [0.25, 0.3) is 0 Å². The number of carbonyl (C=O) groups is 1. The maximum atomic E-state index is 12.2. The van der Waals surface area contributed by atoms with Gasteiger partial charge in [0.15, 0.2) is 0 Å². The zero-order valence-corrected chi connectivity index (χ0v) is 10.9. The Morgan fingerprint density at radius 1 is 1.71 bits per heavy atom. The van der Waals surface area contributed by atoms with Gasteiger partial charge in [-0.25, -0.2) is 0 Å². The molecule has 1 aliphatic rings. The largest absolute Gasteiger partial charge is 0.394 e. The summed E-state index contributed by atoms with van der Waals surface area (Å²) in [6.07, 6.45) is 3.89. The van der Waals surface area contributed by atoms with Crippen molar-refractivity contribution in [3.8, 4) is 0 Å². The second kappa shape index (κ2) is 5.65. The molecule has 2 N–H and O–H groups in total. The van der Waals surface area contributed by atoms with Gasteiger partial charge in [-0.15, -0.1) is 11.3 Å². The molecule has 1 unspecified atom stereocenters. The highest BCUT2D eigenvalue weighted by Crippen LogP contribution is 2.35. The molecule has 2 rings (SSSR count). The van der Waals surface area contributed by atoms with Crippen molar-refractivity contribution in [2.75, 3.05) is 6.61 Å². The number of aliphatic hydroxyl groups is 1. The van der Waals surface area contributed by atoms with Crippen LogP contribution in [-0.4, -0.2) is 23.7 Å². The first kappa shape index (κ1) is 12.6. The number of carbonyl (C=O) groups excluding carboxylic acids is 1. The molecule has 1 aliphatic carbocycles. The summed E-state index contributed by atoms with van der Waals surface area (Å²) in [6.45, 7) is 1.99. The Kier molecular flexibility index (Phi) is 4.18. The molecule has 0 fully saturated rings. The molecule has 1 amide bonds. The summed E-state index contributed by atoms with van der Waals surface area (Å²) in [6, 6.07) is 1.97. The van der Waals surface area contributed by atoms with Crippen LogP contribution in [0.3, 0.4) is 0 Å². The molecule has 0 bridgehead atoms. The van der Waals surface area contributed by atoms with Gasteiger partial charge in [-0.1, -0.05) is 6.92 Å². The van der Waals surface area contributed by atoms with Gasteiger partial charge in [0.25, 0.3) is 0 Å². The first-order chi connectivity index (χ1) is 8.26. The Morgan fingerprint density at radius 3 is 3.24 bits per heavy atom. The summed E-state index contributed by atoms with van der Waals surface area (Å²) < 4.78 is 0. The Labute approximate surface area is 106 Å². The van der Waals surface area contributed by atoms with Gasteiger partial charge < -0.3 is 10.4 Å². The number of amides is 1. The lowest BCUT2D eigenvalue weighted by atomic mass is 9.87. The minimum Gasteiger partial charge on any atom is -0.394 e. The third kappa shape index (κ3) is 2.69. The van der Waals surface area contributed by atoms with E-state index < -0.39 is 0 Å². The molecule has 0 saturated heterocycles. The highest BCUT2D eigenvalue weighted by Gasteiger charge is 2.28. The molecular weight excluding hydrogens is 234 g/mol. The molecule has 0 aliphatic heterocycles. The van der Waals surface area contributed by atoms with Crippen molar-refractivity contribution >= 4 is 17.2 Å². The maximum absolute atomic E-state index is 12.2. The van der Waals surface area contributed by atoms with Crippen LogP contribution in [0.15, 0.2) is 11.4 Å². The van der Waals surface area contributed by atoms with Crippen LogP contribution in [-0.2, 0) is 11.2 Å². The molecule has 0 aromatic carbocycles. The molecule has 1 heterocycles. The molecule has 0 saturated carbocycles. The number of fused-ring (bicyclic) bond motifs is 1. The minimum absolute atomic E-state index is 0.00870. The highest BCUT2D eigenvalue weighted by molar-refractivity contribution is 7.10. The minimum atomic E-state index is -0.105. The van der Waals surface area contributed by atoms with E-state index in [0.717, 1.165) is 25.7 Å². The standard InChI is InChI=1S/C13H19NO2S/c1-2-9(8-15)14-13(16)11-4-3-5-12-10(11)6-7-17-12/h6-7,9,11,15H,2-5,8H2,1H3,(H,14,16)/t9-,11?/m1/s1. The summed E-state index contributed by atoms with van der Waals surface area (Å²) in [4.78, 5) is 13.5. The predicted octanol–water partition coefficient (Wildman–Crippen LogP) is 2.06. The fraction of sp³-hybridized carbons (Fsp3) is 0.615. The number of rotatable bonds is 4. The zero-order valence-electron chi connectivity index (χ0n) is 10.1. The van der Waals surface area contributed by atoms with E-state index >= 15 is 0 Å². The summed E-state index contributed by atoms with van der Waals surface area (Å²) in [5.74, 6) is 0.0656. The average molecular weight is 253 g/mol. The second-order valence-electron chi connectivity index (χ2n) is 4.54. The second-order valence-corrected chi connectivity index (χ2v) is 5.54. The summed E-state index contributed by atoms with van der Waals surface area (Å²) in [5, 5.41) is 14.1. The van der Waals surface area contributed by atoms with Crippen LogP contribution in [0.5, 0.6) is 0 Å². The summed E-state index contributed by atoms with van der Waals surface area (Å²) in [5.41, 5.74) is 1.20. The molecule has 94 valence electrons. The van der Waals surface area contributed by atoms with Crippen LogP contribution in [0.2, 0.25) is 0 Å². The first-order valence-electron chi connectivity index (χ1n) is 6.23. The fourth-order valence-electron chi connectivity index (χ4n) is 2.34. The van der Waals surface area contributed by atoms with Gasteiger partial charge in [-0.3, -0.25) is 4.79 Å². The van der Waals surface area contributed by atoms with Gasteiger partial charge in [0.1, 0.15) is 0 Å². The molecule has 0 spiro atoms. The van der Waals surface area contributed by atoms with Crippen molar-refractivity contribution in [2.24, 2.45) is 0 Å². The van der Waals surface area contributed by atoms with Crippen molar-refractivity contribution in [1.29, 1.82) is 0 Å². The number of nitrogens with one attached hydrogen (secondary N) is 1. The smallest absolute Gasteiger partial charge is 0.227 e. The zero-order chi connectivity index (χ0) is 12.3. The number of hydrogen-bond donors (Lipinski definition) is 2. The molecule has 2 atom stereocenters. The molecule has 17 heavy (non-hydrogen) atoms. The number of aryl methyl sites for hydroxylation is 1. The van der Waals surface area contributed by atoms with E-state index in [9.17, 15) is 4.79 Å². The van der Waals surface area contributed by atoms with E-state index in [4.69, 9.17) is 5.11 Å². The SMILES string of the molecule is CC[C@H](CO)NC(=O)C1CCCc2sccc21. The quantitative estimate of drug-likeness (QED) is 0.863. The molecule has 1 aromatic rings. The lowest BCUT2D eigenvalue weighted by Gasteiger charge is -2.24. The maximum Gasteiger partial charge on any atom is 0.227 e. The Morgan fingerprint density at radius 2 is 2.53 bits per heavy atom. The Bertz CT molecular complexity index is 385. The van der Waals surface area contributed by atoms with Gasteiger partial charge >= 0.3 is 0 Å². The molecule has 4 heteroatoms. The van der Waals surface area contributed by atoms with Gasteiger partial charge in [0.05, 0.1) is 18.6 Å². The van der Waals surface area contributed by atoms with Crippen molar-refractivity contribution in [2.45, 2.75) is 44.6 Å². The van der Waals surface area contributed by atoms with E-state index in [1.165, 1.54) is 10.4 Å². The van der Waals surface area contributed by atoms with Crippen LogP contribution in [0.4, 0.5) is 0 Å². The van der Waals surface area contributed by atoms with Gasteiger partial charge in [-0.2, -0.15) is 0 Å². The third-order valence-corrected chi connectivity index (χ3v) is 4.42.